The highest BCUT2D eigenvalue weighted by Crippen LogP contribution is 2.52. The Balaban J connectivity index is 1.76. The third kappa shape index (κ3) is 1.43. The van der Waals surface area contributed by atoms with Gasteiger partial charge >= 0.3 is 6.09 Å². The number of nitrogens with zero attached hydrogens (tertiary/aromatic N) is 1. The maximum atomic E-state index is 12.0. The summed E-state index contributed by atoms with van der Waals surface area (Å²) in [6.07, 6.45) is 4.79. The van der Waals surface area contributed by atoms with Crippen LogP contribution in [0.5, 0.6) is 0 Å². The van der Waals surface area contributed by atoms with Crippen LogP contribution in [0.1, 0.15) is 27.2 Å². The van der Waals surface area contributed by atoms with E-state index in [0.717, 1.165) is 6.42 Å². The van der Waals surface area contributed by atoms with E-state index < -0.39 is 11.7 Å². The third-order valence-corrected chi connectivity index (χ3v) is 3.83. The summed E-state index contributed by atoms with van der Waals surface area (Å²) in [6.45, 7) is 5.44. The number of ether oxygens (including phenoxy) is 1. The number of carbonyl (C=O) groups excluding carboxylic acids is 2. The quantitative estimate of drug-likeness (QED) is 0.476. The van der Waals surface area contributed by atoms with Crippen LogP contribution in [0.3, 0.4) is 0 Å². The minimum absolute atomic E-state index is 0.0394. The average molecular weight is 235 g/mol. The molecule has 4 atom stereocenters. The molecule has 3 aliphatic rings. The molecule has 2 aliphatic carbocycles. The molecule has 4 heteroatoms. The molecule has 0 aromatic rings. The first-order valence-electron chi connectivity index (χ1n) is 6.13. The largest absolute Gasteiger partial charge is 0.443 e. The fourth-order valence-electron chi connectivity index (χ4n) is 3.23. The molecule has 2 fully saturated rings. The Morgan fingerprint density at radius 3 is 2.65 bits per heavy atom. The lowest BCUT2D eigenvalue weighted by Crippen LogP contribution is -2.65. The van der Waals surface area contributed by atoms with Gasteiger partial charge in [0.15, 0.2) is 0 Å². The summed E-state index contributed by atoms with van der Waals surface area (Å²) >= 11 is 0. The number of carbonyl (C=O) groups is 2. The van der Waals surface area contributed by atoms with Crippen LogP contribution in [-0.2, 0) is 9.53 Å². The molecule has 92 valence electrons. The SMILES string of the molecule is CC(C)(C)OC(=O)N1C(=O)[C@H]2[C@@H]1[C@H]1C=C[C@@H]2C1. The molecule has 0 N–H and O–H groups in total. The van der Waals surface area contributed by atoms with Crippen LogP contribution in [0.2, 0.25) is 0 Å². The van der Waals surface area contributed by atoms with E-state index in [1.54, 1.807) is 0 Å². The van der Waals surface area contributed by atoms with Gasteiger partial charge in [-0.05, 0) is 39.0 Å². The molecule has 0 radical (unpaired) electrons. The van der Waals surface area contributed by atoms with Crippen molar-refractivity contribution in [2.45, 2.75) is 38.8 Å². The summed E-state index contributed by atoms with van der Waals surface area (Å²) in [5.41, 5.74) is -0.546. The number of β-lactam (4-membered cyclic amide) rings is 1. The van der Waals surface area contributed by atoms with Gasteiger partial charge in [-0.25, -0.2) is 9.69 Å². The minimum Gasteiger partial charge on any atom is -0.443 e. The van der Waals surface area contributed by atoms with Crippen LogP contribution < -0.4 is 0 Å². The Hall–Kier alpha value is -1.32. The van der Waals surface area contributed by atoms with Crippen LogP contribution in [0.25, 0.3) is 0 Å². The van der Waals surface area contributed by atoms with Gasteiger partial charge in [-0.15, -0.1) is 0 Å². The molecular formula is C13H17NO3. The number of fused-ring (bicyclic) bond motifs is 5. The van der Waals surface area contributed by atoms with Crippen molar-refractivity contribution in [3.63, 3.8) is 0 Å². The van der Waals surface area contributed by atoms with Crippen LogP contribution in [-0.4, -0.2) is 28.5 Å². The summed E-state index contributed by atoms with van der Waals surface area (Å²) in [5, 5.41) is 0. The molecule has 2 amide bonds. The first kappa shape index (κ1) is 10.8. The van der Waals surface area contributed by atoms with E-state index in [1.165, 1.54) is 4.90 Å². The molecule has 0 aromatic carbocycles. The summed E-state index contributed by atoms with van der Waals surface area (Å²) in [4.78, 5) is 25.2. The molecule has 3 rings (SSSR count). The van der Waals surface area contributed by atoms with E-state index in [0.29, 0.717) is 11.8 Å². The van der Waals surface area contributed by atoms with Crippen molar-refractivity contribution < 1.29 is 14.3 Å². The van der Waals surface area contributed by atoms with E-state index in [2.05, 4.69) is 12.2 Å². The second-order valence-electron chi connectivity index (χ2n) is 6.15. The van der Waals surface area contributed by atoms with Gasteiger partial charge in [-0.1, -0.05) is 12.2 Å². The molecule has 4 nitrogen and oxygen atoms in total. The van der Waals surface area contributed by atoms with Crippen LogP contribution >= 0.6 is 0 Å². The Morgan fingerprint density at radius 2 is 2.00 bits per heavy atom. The second-order valence-corrected chi connectivity index (χ2v) is 6.15. The van der Waals surface area contributed by atoms with Gasteiger partial charge in [-0.3, -0.25) is 4.79 Å². The van der Waals surface area contributed by atoms with Crippen molar-refractivity contribution in [3.8, 4) is 0 Å². The Labute approximate surface area is 101 Å². The van der Waals surface area contributed by atoms with Crippen LogP contribution in [0, 0.1) is 17.8 Å². The fraction of sp³-hybridized carbons (Fsp3) is 0.692. The average Bonchev–Trinajstić information content (AvgIpc) is 2.70. The van der Waals surface area contributed by atoms with Crippen LogP contribution in [0.15, 0.2) is 12.2 Å². The predicted molar refractivity (Wildman–Crippen MR) is 61.1 cm³/mol. The summed E-state index contributed by atoms with van der Waals surface area (Å²) in [6, 6.07) is 0.0624. The second kappa shape index (κ2) is 3.12. The number of allylic oxidation sites excluding steroid dienone is 1. The normalized spacial score (nSPS) is 38.1. The van der Waals surface area contributed by atoms with Crippen molar-refractivity contribution in [1.29, 1.82) is 0 Å². The van der Waals surface area contributed by atoms with E-state index in [-0.39, 0.29) is 17.9 Å². The monoisotopic (exact) mass is 235 g/mol. The maximum Gasteiger partial charge on any atom is 0.417 e. The number of likely N-dealkylation sites (tertiary alicyclic amines) is 1. The first-order chi connectivity index (χ1) is 7.88. The van der Waals surface area contributed by atoms with Gasteiger partial charge in [0.25, 0.3) is 0 Å². The first-order valence-corrected chi connectivity index (χ1v) is 6.13. The van der Waals surface area contributed by atoms with Gasteiger partial charge in [0, 0.05) is 0 Å². The zero-order chi connectivity index (χ0) is 12.4. The van der Waals surface area contributed by atoms with Gasteiger partial charge in [0.1, 0.15) is 5.60 Å². The molecule has 2 bridgehead atoms. The van der Waals surface area contributed by atoms with Crippen molar-refractivity contribution in [3.05, 3.63) is 12.2 Å². The Kier molecular flexibility index (Phi) is 1.98. The molecule has 1 heterocycles. The lowest BCUT2D eigenvalue weighted by atomic mass is 9.80. The van der Waals surface area contributed by atoms with Crippen LogP contribution in [0.4, 0.5) is 4.79 Å². The highest BCUT2D eigenvalue weighted by molar-refractivity contribution is 6.00. The number of amides is 2. The van der Waals surface area contributed by atoms with Crippen molar-refractivity contribution in [1.82, 2.24) is 4.90 Å². The van der Waals surface area contributed by atoms with E-state index >= 15 is 0 Å². The van der Waals surface area contributed by atoms with E-state index in [1.807, 2.05) is 20.8 Å². The van der Waals surface area contributed by atoms with Crippen molar-refractivity contribution >= 4 is 12.0 Å². The van der Waals surface area contributed by atoms with Crippen molar-refractivity contribution in [2.75, 3.05) is 0 Å². The minimum atomic E-state index is -0.546. The molecule has 1 aliphatic heterocycles. The predicted octanol–water partition coefficient (Wildman–Crippen LogP) is 1.95. The molecule has 1 saturated carbocycles. The molecule has 1 saturated heterocycles. The fourth-order valence-corrected chi connectivity index (χ4v) is 3.23. The molecule has 0 unspecified atom stereocenters. The number of imide groups is 1. The van der Waals surface area contributed by atoms with Gasteiger partial charge < -0.3 is 4.74 Å². The lowest BCUT2D eigenvalue weighted by Gasteiger charge is -2.46. The third-order valence-electron chi connectivity index (χ3n) is 3.83. The smallest absolute Gasteiger partial charge is 0.417 e. The molecule has 17 heavy (non-hydrogen) atoms. The maximum absolute atomic E-state index is 12.0. The molecular weight excluding hydrogens is 218 g/mol. The number of rotatable bonds is 0. The Bertz CT molecular complexity index is 421. The Morgan fingerprint density at radius 1 is 1.35 bits per heavy atom. The van der Waals surface area contributed by atoms with E-state index in [9.17, 15) is 9.59 Å². The summed E-state index contributed by atoms with van der Waals surface area (Å²) < 4.78 is 5.27. The highest BCUT2D eigenvalue weighted by Gasteiger charge is 2.62. The van der Waals surface area contributed by atoms with E-state index in [4.69, 9.17) is 4.74 Å². The topological polar surface area (TPSA) is 46.6 Å². The molecule has 0 spiro atoms. The van der Waals surface area contributed by atoms with Gasteiger partial charge in [0.05, 0.1) is 12.0 Å². The zero-order valence-electron chi connectivity index (χ0n) is 10.3. The van der Waals surface area contributed by atoms with Gasteiger partial charge in [-0.2, -0.15) is 0 Å². The van der Waals surface area contributed by atoms with Crippen molar-refractivity contribution in [2.24, 2.45) is 17.8 Å². The number of hydrogen-bond acceptors (Lipinski definition) is 3. The number of hydrogen-bond donors (Lipinski definition) is 0. The lowest BCUT2D eigenvalue weighted by molar-refractivity contribution is -0.154. The molecule has 0 aromatic heterocycles. The highest BCUT2D eigenvalue weighted by atomic mass is 16.6. The summed E-state index contributed by atoms with van der Waals surface area (Å²) in [7, 11) is 0. The standard InChI is InChI=1S/C13H17NO3/c1-13(2,3)17-12(16)14-10-8-5-4-7(6-8)9(10)11(14)15/h4-5,7-10H,6H2,1-3H3/t7-,8+,9-,10+/m1/s1. The zero-order valence-corrected chi connectivity index (χ0v) is 10.3. The summed E-state index contributed by atoms with van der Waals surface area (Å²) in [5.74, 6) is 0.699. The van der Waals surface area contributed by atoms with Gasteiger partial charge in [0.2, 0.25) is 5.91 Å².